The molecule has 0 aromatic rings. The van der Waals surface area contributed by atoms with Gasteiger partial charge in [0.15, 0.2) is 0 Å². The number of hydrogen-bond acceptors (Lipinski definition) is 5. The van der Waals surface area contributed by atoms with Gasteiger partial charge in [0.05, 0.1) is 11.5 Å². The van der Waals surface area contributed by atoms with Crippen LogP contribution < -0.4 is 0 Å². The molecule has 0 spiro atoms. The van der Waals surface area contributed by atoms with E-state index in [0.29, 0.717) is 6.42 Å². The van der Waals surface area contributed by atoms with E-state index in [1.165, 1.54) is 0 Å². The number of rotatable bonds is 2. The molecule has 5 atom stereocenters. The molecule has 5 nitrogen and oxygen atoms in total. The Labute approximate surface area is 125 Å². The van der Waals surface area contributed by atoms with Gasteiger partial charge in [-0.3, -0.25) is 9.59 Å². The van der Waals surface area contributed by atoms with Crippen molar-refractivity contribution in [3.63, 3.8) is 0 Å². The van der Waals surface area contributed by atoms with Crippen LogP contribution in [0.5, 0.6) is 0 Å². The van der Waals surface area contributed by atoms with E-state index < -0.39 is 17.1 Å². The third-order valence-corrected chi connectivity index (χ3v) is 4.84. The third-order valence-electron chi connectivity index (χ3n) is 4.84. The van der Waals surface area contributed by atoms with E-state index >= 15 is 0 Å². The molecule has 0 aromatic heterocycles. The SMILES string of the molecule is CC(C)C1OC(=O)[C@@H]2[C@H]1[C@H]1CC[C@]2(OC(=O)C(C)(C)C)O1. The second kappa shape index (κ2) is 4.45. The van der Waals surface area contributed by atoms with Crippen LogP contribution in [0.15, 0.2) is 0 Å². The second-order valence-corrected chi connectivity index (χ2v) is 7.85. The highest BCUT2D eigenvalue weighted by atomic mass is 16.7. The van der Waals surface area contributed by atoms with Gasteiger partial charge < -0.3 is 14.2 Å². The van der Waals surface area contributed by atoms with Crippen molar-refractivity contribution in [2.45, 2.75) is 65.5 Å². The first-order chi connectivity index (χ1) is 9.66. The van der Waals surface area contributed by atoms with E-state index in [2.05, 4.69) is 0 Å². The van der Waals surface area contributed by atoms with E-state index in [-0.39, 0.29) is 36.0 Å². The van der Waals surface area contributed by atoms with Crippen molar-refractivity contribution in [1.29, 1.82) is 0 Å². The van der Waals surface area contributed by atoms with Gasteiger partial charge in [-0.2, -0.15) is 0 Å². The Balaban J connectivity index is 1.88. The molecule has 3 fully saturated rings. The molecule has 0 radical (unpaired) electrons. The zero-order valence-electron chi connectivity index (χ0n) is 13.3. The van der Waals surface area contributed by atoms with Gasteiger partial charge in [0, 0.05) is 12.3 Å². The maximum atomic E-state index is 12.3. The first-order valence-corrected chi connectivity index (χ1v) is 7.77. The average Bonchev–Trinajstić information content (AvgIpc) is 2.98. The number of carbonyl (C=O) groups excluding carboxylic acids is 2. The molecule has 3 saturated heterocycles. The molecule has 118 valence electrons. The largest absolute Gasteiger partial charge is 0.461 e. The summed E-state index contributed by atoms with van der Waals surface area (Å²) in [5.41, 5.74) is -0.617. The summed E-state index contributed by atoms with van der Waals surface area (Å²) in [6.45, 7) is 9.48. The fourth-order valence-electron chi connectivity index (χ4n) is 3.78. The lowest BCUT2D eigenvalue weighted by Crippen LogP contribution is -2.46. The highest BCUT2D eigenvalue weighted by Crippen LogP contribution is 2.58. The Morgan fingerprint density at radius 1 is 1.38 bits per heavy atom. The summed E-state index contributed by atoms with van der Waals surface area (Å²) in [5, 5.41) is 0. The molecule has 3 aliphatic rings. The van der Waals surface area contributed by atoms with Gasteiger partial charge >= 0.3 is 11.9 Å². The topological polar surface area (TPSA) is 61.8 Å². The van der Waals surface area contributed by atoms with Crippen LogP contribution in [0.1, 0.15) is 47.5 Å². The number of hydrogen-bond donors (Lipinski definition) is 0. The van der Waals surface area contributed by atoms with E-state index in [4.69, 9.17) is 14.2 Å². The van der Waals surface area contributed by atoms with E-state index in [0.717, 1.165) is 6.42 Å². The normalized spacial score (nSPS) is 41.3. The minimum Gasteiger partial charge on any atom is -0.461 e. The Bertz CT molecular complexity index is 478. The molecular formula is C16H24O5. The molecule has 1 unspecified atom stereocenters. The lowest BCUT2D eigenvalue weighted by atomic mass is 9.74. The Morgan fingerprint density at radius 3 is 2.62 bits per heavy atom. The number of esters is 2. The first kappa shape index (κ1) is 14.8. The molecule has 0 amide bonds. The van der Waals surface area contributed by atoms with Gasteiger partial charge in [-0.1, -0.05) is 13.8 Å². The van der Waals surface area contributed by atoms with Crippen LogP contribution >= 0.6 is 0 Å². The number of carbonyl (C=O) groups is 2. The smallest absolute Gasteiger partial charge is 0.316 e. The van der Waals surface area contributed by atoms with Crippen molar-refractivity contribution in [2.24, 2.45) is 23.2 Å². The molecule has 3 heterocycles. The van der Waals surface area contributed by atoms with E-state index in [1.54, 1.807) is 20.8 Å². The lowest BCUT2D eigenvalue weighted by molar-refractivity contribution is -0.228. The standard InChI is InChI=1S/C16H24O5/c1-8(2)12-10-9-6-7-16(20-9,11(10)13(17)19-12)21-14(18)15(3,4)5/h8-12H,6-7H2,1-5H3/t9-,10-,11+,12?,16-/m1/s1. The van der Waals surface area contributed by atoms with Crippen molar-refractivity contribution < 1.29 is 23.8 Å². The maximum Gasteiger partial charge on any atom is 0.316 e. The summed E-state index contributed by atoms with van der Waals surface area (Å²) in [4.78, 5) is 24.6. The van der Waals surface area contributed by atoms with Crippen molar-refractivity contribution >= 4 is 11.9 Å². The zero-order valence-corrected chi connectivity index (χ0v) is 13.3. The van der Waals surface area contributed by atoms with Gasteiger partial charge in [0.2, 0.25) is 5.79 Å². The predicted octanol–water partition coefficient (Wildman–Crippen LogP) is 2.28. The molecule has 0 N–H and O–H groups in total. The highest BCUT2D eigenvalue weighted by Gasteiger charge is 2.71. The molecule has 0 aromatic carbocycles. The highest BCUT2D eigenvalue weighted by molar-refractivity contribution is 5.80. The molecule has 3 rings (SSSR count). The Kier molecular flexibility index (Phi) is 3.14. The molecule has 3 aliphatic heterocycles. The second-order valence-electron chi connectivity index (χ2n) is 7.85. The van der Waals surface area contributed by atoms with Gasteiger partial charge in [0.25, 0.3) is 0 Å². The predicted molar refractivity (Wildman–Crippen MR) is 74.1 cm³/mol. The van der Waals surface area contributed by atoms with E-state index in [1.807, 2.05) is 13.8 Å². The fourth-order valence-corrected chi connectivity index (χ4v) is 3.78. The average molecular weight is 296 g/mol. The molecular weight excluding hydrogens is 272 g/mol. The van der Waals surface area contributed by atoms with Crippen LogP contribution in [0.3, 0.4) is 0 Å². The molecule has 0 aliphatic carbocycles. The van der Waals surface area contributed by atoms with Gasteiger partial charge in [-0.25, -0.2) is 0 Å². The van der Waals surface area contributed by atoms with Crippen LogP contribution in [0.4, 0.5) is 0 Å². The summed E-state index contributed by atoms with van der Waals surface area (Å²) in [6.07, 6.45) is 1.23. The van der Waals surface area contributed by atoms with Crippen molar-refractivity contribution in [2.75, 3.05) is 0 Å². The summed E-state index contributed by atoms with van der Waals surface area (Å²) >= 11 is 0. The zero-order chi connectivity index (χ0) is 15.6. The summed E-state index contributed by atoms with van der Waals surface area (Å²) in [6, 6.07) is 0. The molecule has 0 saturated carbocycles. The monoisotopic (exact) mass is 296 g/mol. The van der Waals surface area contributed by atoms with Crippen molar-refractivity contribution in [3.05, 3.63) is 0 Å². The summed E-state index contributed by atoms with van der Waals surface area (Å²) in [5.74, 6) is -1.91. The minimum absolute atomic E-state index is 0.0130. The van der Waals surface area contributed by atoms with E-state index in [9.17, 15) is 9.59 Å². The third kappa shape index (κ3) is 2.08. The fraction of sp³-hybridized carbons (Fsp3) is 0.875. The molecule has 5 heteroatoms. The van der Waals surface area contributed by atoms with Crippen LogP contribution in [0.2, 0.25) is 0 Å². The van der Waals surface area contributed by atoms with Crippen LogP contribution in [0, 0.1) is 23.2 Å². The Hall–Kier alpha value is -1.10. The van der Waals surface area contributed by atoms with Gasteiger partial charge in [0.1, 0.15) is 12.0 Å². The number of ether oxygens (including phenoxy) is 3. The van der Waals surface area contributed by atoms with Gasteiger partial charge in [-0.15, -0.1) is 0 Å². The van der Waals surface area contributed by atoms with Crippen LogP contribution in [0.25, 0.3) is 0 Å². The number of fused-ring (bicyclic) bond motifs is 5. The van der Waals surface area contributed by atoms with Crippen molar-refractivity contribution in [3.8, 4) is 0 Å². The lowest BCUT2D eigenvalue weighted by Gasteiger charge is -2.32. The first-order valence-electron chi connectivity index (χ1n) is 7.77. The summed E-state index contributed by atoms with van der Waals surface area (Å²) in [7, 11) is 0. The molecule has 2 bridgehead atoms. The Morgan fingerprint density at radius 2 is 2.05 bits per heavy atom. The minimum atomic E-state index is -1.10. The van der Waals surface area contributed by atoms with Crippen molar-refractivity contribution in [1.82, 2.24) is 0 Å². The summed E-state index contributed by atoms with van der Waals surface area (Å²) < 4.78 is 17.3. The quantitative estimate of drug-likeness (QED) is 0.732. The van der Waals surface area contributed by atoms with Crippen LogP contribution in [-0.2, 0) is 23.8 Å². The molecule has 21 heavy (non-hydrogen) atoms. The van der Waals surface area contributed by atoms with Gasteiger partial charge in [-0.05, 0) is 33.1 Å². The van der Waals surface area contributed by atoms with Crippen LogP contribution in [-0.4, -0.2) is 29.9 Å². The number of cyclic esters (lactones) is 1. The maximum absolute atomic E-state index is 12.3.